The molecule has 0 saturated carbocycles. The van der Waals surface area contributed by atoms with Gasteiger partial charge in [-0.2, -0.15) is 0 Å². The van der Waals surface area contributed by atoms with Gasteiger partial charge in [0.05, 0.1) is 11.8 Å². The number of para-hydroxylation sites is 1. The highest BCUT2D eigenvalue weighted by Gasteiger charge is 2.08. The number of Topliss-reactive ketones (excluding diaryl/α,β-unsaturated/α-hetero) is 1. The average Bonchev–Trinajstić information content (AvgIpc) is 2.99. The molecule has 2 aromatic heterocycles. The van der Waals surface area contributed by atoms with Gasteiger partial charge in [0, 0.05) is 30.8 Å². The van der Waals surface area contributed by atoms with Crippen molar-refractivity contribution in [1.29, 1.82) is 0 Å². The van der Waals surface area contributed by atoms with Gasteiger partial charge in [0.2, 0.25) is 0 Å². The molecule has 0 saturated heterocycles. The van der Waals surface area contributed by atoms with Crippen LogP contribution >= 0.6 is 0 Å². The molecule has 3 nitrogen and oxygen atoms in total. The molecule has 0 fully saturated rings. The molecule has 0 unspecified atom stereocenters. The molecule has 0 spiro atoms. The summed E-state index contributed by atoms with van der Waals surface area (Å²) in [5.74, 6) is 1.08. The Kier molecular flexibility index (Phi) is 3.59. The van der Waals surface area contributed by atoms with E-state index in [1.807, 2.05) is 42.5 Å². The predicted molar refractivity (Wildman–Crippen MR) is 77.5 cm³/mol. The summed E-state index contributed by atoms with van der Waals surface area (Å²) in [6, 6.07) is 13.6. The smallest absolute Gasteiger partial charge is 0.137 e. The van der Waals surface area contributed by atoms with E-state index in [4.69, 9.17) is 4.42 Å². The van der Waals surface area contributed by atoms with E-state index in [9.17, 15) is 4.79 Å². The van der Waals surface area contributed by atoms with Crippen molar-refractivity contribution in [2.24, 2.45) is 0 Å². The Morgan fingerprint density at radius 3 is 2.85 bits per heavy atom. The molecule has 0 aliphatic carbocycles. The van der Waals surface area contributed by atoms with Crippen LogP contribution in [-0.2, 0) is 17.6 Å². The number of pyridine rings is 1. The van der Waals surface area contributed by atoms with Crippen LogP contribution in [0.5, 0.6) is 0 Å². The minimum absolute atomic E-state index is 0.220. The topological polar surface area (TPSA) is 43.1 Å². The number of aryl methyl sites for hydroxylation is 1. The second kappa shape index (κ2) is 5.70. The number of nitrogens with zero attached hydrogens (tertiary/aromatic N) is 1. The molecule has 1 aromatic carbocycles. The molecule has 3 rings (SSSR count). The summed E-state index contributed by atoms with van der Waals surface area (Å²) in [6.07, 6.45) is 5.01. The van der Waals surface area contributed by atoms with Crippen molar-refractivity contribution in [2.45, 2.75) is 19.3 Å². The average molecular weight is 265 g/mol. The zero-order valence-electron chi connectivity index (χ0n) is 11.1. The maximum Gasteiger partial charge on any atom is 0.137 e. The molecule has 20 heavy (non-hydrogen) atoms. The van der Waals surface area contributed by atoms with Crippen molar-refractivity contribution in [2.75, 3.05) is 0 Å². The first-order chi connectivity index (χ1) is 9.83. The maximum atomic E-state index is 12.1. The number of hydrogen-bond donors (Lipinski definition) is 0. The van der Waals surface area contributed by atoms with E-state index in [1.54, 1.807) is 12.5 Å². The van der Waals surface area contributed by atoms with Gasteiger partial charge >= 0.3 is 0 Å². The highest BCUT2D eigenvalue weighted by Crippen LogP contribution is 2.17. The van der Waals surface area contributed by atoms with Crippen molar-refractivity contribution in [1.82, 2.24) is 4.98 Å². The van der Waals surface area contributed by atoms with Crippen LogP contribution in [0.15, 0.2) is 59.3 Å². The molecule has 0 aliphatic rings. The number of hydrogen-bond acceptors (Lipinski definition) is 3. The quantitative estimate of drug-likeness (QED) is 0.708. The van der Waals surface area contributed by atoms with Crippen LogP contribution < -0.4 is 0 Å². The zero-order chi connectivity index (χ0) is 13.8. The molecule has 3 aromatic rings. The fourth-order valence-electron chi connectivity index (χ4n) is 2.33. The molecule has 0 radical (unpaired) electrons. The third kappa shape index (κ3) is 2.77. The van der Waals surface area contributed by atoms with Crippen LogP contribution in [0.4, 0.5) is 0 Å². The molecular weight excluding hydrogens is 250 g/mol. The van der Waals surface area contributed by atoms with Crippen LogP contribution in [0.2, 0.25) is 0 Å². The number of carbonyl (C=O) groups is 1. The normalized spacial score (nSPS) is 10.8. The van der Waals surface area contributed by atoms with Crippen LogP contribution in [0.25, 0.3) is 10.9 Å². The van der Waals surface area contributed by atoms with Gasteiger partial charge in [-0.15, -0.1) is 0 Å². The van der Waals surface area contributed by atoms with Gasteiger partial charge in [0.15, 0.2) is 0 Å². The Balaban J connectivity index is 1.71. The number of furan rings is 1. The Bertz CT molecular complexity index is 711. The van der Waals surface area contributed by atoms with Crippen LogP contribution in [0.1, 0.15) is 17.7 Å². The molecule has 0 bridgehead atoms. The Labute approximate surface area is 117 Å². The monoisotopic (exact) mass is 265 g/mol. The molecular formula is C17H15NO2. The van der Waals surface area contributed by atoms with E-state index in [0.29, 0.717) is 19.3 Å². The minimum Gasteiger partial charge on any atom is -0.469 e. The number of rotatable bonds is 5. The maximum absolute atomic E-state index is 12.1. The molecule has 0 atom stereocenters. The lowest BCUT2D eigenvalue weighted by molar-refractivity contribution is -0.118. The highest BCUT2D eigenvalue weighted by molar-refractivity contribution is 5.88. The second-order valence-electron chi connectivity index (χ2n) is 4.78. The molecule has 0 aliphatic heterocycles. The lowest BCUT2D eigenvalue weighted by Gasteiger charge is -2.05. The molecule has 2 heterocycles. The van der Waals surface area contributed by atoms with Crippen LogP contribution in [0, 0.1) is 0 Å². The van der Waals surface area contributed by atoms with Crippen molar-refractivity contribution >= 4 is 16.7 Å². The third-order valence-electron chi connectivity index (χ3n) is 3.36. The van der Waals surface area contributed by atoms with Crippen molar-refractivity contribution in [3.05, 3.63) is 66.2 Å². The standard InChI is InChI=1S/C17H15NO2/c19-14(7-8-15-4-3-11-20-15)12-13-9-10-18-17-6-2-1-5-16(13)17/h1-6,9-11H,7-8,12H2. The van der Waals surface area contributed by atoms with E-state index in [2.05, 4.69) is 4.98 Å². The van der Waals surface area contributed by atoms with E-state index in [-0.39, 0.29) is 5.78 Å². The fraction of sp³-hybridized carbons (Fsp3) is 0.176. The number of ketones is 1. The molecule has 3 heteroatoms. The van der Waals surface area contributed by atoms with Gasteiger partial charge in [-0.1, -0.05) is 18.2 Å². The summed E-state index contributed by atoms with van der Waals surface area (Å²) in [6.45, 7) is 0. The summed E-state index contributed by atoms with van der Waals surface area (Å²) in [4.78, 5) is 16.4. The predicted octanol–water partition coefficient (Wildman–Crippen LogP) is 3.57. The van der Waals surface area contributed by atoms with Gasteiger partial charge < -0.3 is 4.42 Å². The molecule has 0 amide bonds. The first-order valence-corrected chi connectivity index (χ1v) is 6.69. The lowest BCUT2D eigenvalue weighted by Crippen LogP contribution is -2.04. The van der Waals surface area contributed by atoms with Gasteiger partial charge in [-0.3, -0.25) is 9.78 Å². The third-order valence-corrected chi connectivity index (χ3v) is 3.36. The van der Waals surface area contributed by atoms with Gasteiger partial charge in [-0.25, -0.2) is 0 Å². The SMILES string of the molecule is O=C(CCc1ccco1)Cc1ccnc2ccccc12. The van der Waals surface area contributed by atoms with Crippen molar-refractivity contribution < 1.29 is 9.21 Å². The summed E-state index contributed by atoms with van der Waals surface area (Å²) in [5.41, 5.74) is 1.98. The first kappa shape index (κ1) is 12.6. The lowest BCUT2D eigenvalue weighted by atomic mass is 10.0. The Hall–Kier alpha value is -2.42. The van der Waals surface area contributed by atoms with Crippen molar-refractivity contribution in [3.8, 4) is 0 Å². The summed E-state index contributed by atoms with van der Waals surface area (Å²) >= 11 is 0. The fourth-order valence-corrected chi connectivity index (χ4v) is 2.33. The minimum atomic E-state index is 0.220. The van der Waals surface area contributed by atoms with Gasteiger partial charge in [0.1, 0.15) is 11.5 Å². The van der Waals surface area contributed by atoms with Gasteiger partial charge in [0.25, 0.3) is 0 Å². The largest absolute Gasteiger partial charge is 0.469 e. The molecule has 0 N–H and O–H groups in total. The number of fused-ring (bicyclic) bond motifs is 1. The van der Waals surface area contributed by atoms with Crippen molar-refractivity contribution in [3.63, 3.8) is 0 Å². The van der Waals surface area contributed by atoms with Crippen LogP contribution in [0.3, 0.4) is 0 Å². The number of carbonyl (C=O) groups excluding carboxylic acids is 1. The zero-order valence-corrected chi connectivity index (χ0v) is 11.1. The Morgan fingerprint density at radius 1 is 1.10 bits per heavy atom. The van der Waals surface area contributed by atoms with Crippen LogP contribution in [-0.4, -0.2) is 10.8 Å². The Morgan fingerprint density at radius 2 is 2.00 bits per heavy atom. The van der Waals surface area contributed by atoms with Gasteiger partial charge in [-0.05, 0) is 29.8 Å². The first-order valence-electron chi connectivity index (χ1n) is 6.69. The van der Waals surface area contributed by atoms with E-state index in [0.717, 1.165) is 22.2 Å². The number of benzene rings is 1. The summed E-state index contributed by atoms with van der Waals surface area (Å²) in [7, 11) is 0. The second-order valence-corrected chi connectivity index (χ2v) is 4.78. The molecule has 100 valence electrons. The van der Waals surface area contributed by atoms with E-state index >= 15 is 0 Å². The van der Waals surface area contributed by atoms with E-state index < -0.39 is 0 Å². The number of aromatic nitrogens is 1. The highest BCUT2D eigenvalue weighted by atomic mass is 16.3. The summed E-state index contributed by atoms with van der Waals surface area (Å²) < 4.78 is 5.24. The van der Waals surface area contributed by atoms with E-state index in [1.165, 1.54) is 0 Å². The summed E-state index contributed by atoms with van der Waals surface area (Å²) in [5, 5.41) is 1.06.